The van der Waals surface area contributed by atoms with Crippen molar-refractivity contribution < 1.29 is 5.11 Å². The fourth-order valence-corrected chi connectivity index (χ4v) is 3.87. The zero-order chi connectivity index (χ0) is 17.0. The maximum Gasteiger partial charge on any atom is 0.0990 e. The molecule has 0 aliphatic rings. The summed E-state index contributed by atoms with van der Waals surface area (Å²) >= 11 is 1.72. The molecule has 0 spiro atoms. The van der Waals surface area contributed by atoms with E-state index in [-0.39, 0.29) is 5.44 Å². The van der Waals surface area contributed by atoms with Gasteiger partial charge in [-0.15, -0.1) is 11.8 Å². The summed E-state index contributed by atoms with van der Waals surface area (Å²) in [6.07, 6.45) is 23.7. The first kappa shape index (κ1) is 23.3. The second-order valence-corrected chi connectivity index (χ2v) is 8.32. The Hall–Kier alpha value is 0.310. The van der Waals surface area contributed by atoms with Gasteiger partial charge in [0, 0.05) is 0 Å². The molecule has 0 amide bonds. The van der Waals surface area contributed by atoms with Crippen LogP contribution in [0.4, 0.5) is 0 Å². The van der Waals surface area contributed by atoms with Crippen LogP contribution in [0.3, 0.4) is 0 Å². The molecule has 0 saturated heterocycles. The zero-order valence-corrected chi connectivity index (χ0v) is 17.0. The van der Waals surface area contributed by atoms with Gasteiger partial charge < -0.3 is 5.11 Å². The van der Waals surface area contributed by atoms with Crippen molar-refractivity contribution in [2.24, 2.45) is 0 Å². The molecule has 0 saturated carbocycles. The van der Waals surface area contributed by atoms with Crippen LogP contribution in [0.25, 0.3) is 0 Å². The molecule has 23 heavy (non-hydrogen) atoms. The molecule has 0 aliphatic heterocycles. The Kier molecular flexibility index (Phi) is 20.6. The minimum absolute atomic E-state index is 0.133. The molecule has 0 radical (unpaired) electrons. The highest BCUT2D eigenvalue weighted by atomic mass is 32.2. The highest BCUT2D eigenvalue weighted by Gasteiger charge is 1.99. The molecule has 0 aromatic rings. The number of hydrogen-bond donors (Lipinski definition) is 1. The lowest BCUT2D eigenvalue weighted by Crippen LogP contribution is -1.98. The second-order valence-electron chi connectivity index (χ2n) is 7.04. The lowest BCUT2D eigenvalue weighted by atomic mass is 10.0. The van der Waals surface area contributed by atoms with Crippen LogP contribution >= 0.6 is 11.8 Å². The maximum absolute atomic E-state index is 9.45. The summed E-state index contributed by atoms with van der Waals surface area (Å²) < 4.78 is 0. The second kappa shape index (κ2) is 20.4. The van der Waals surface area contributed by atoms with Gasteiger partial charge in [-0.25, -0.2) is 0 Å². The molecular formula is C21H44OS. The van der Waals surface area contributed by atoms with E-state index < -0.39 is 0 Å². The number of unbranched alkanes of at least 4 members (excludes halogenated alkanes) is 15. The first-order valence-electron chi connectivity index (χ1n) is 10.6. The van der Waals surface area contributed by atoms with Gasteiger partial charge >= 0.3 is 0 Å². The summed E-state index contributed by atoms with van der Waals surface area (Å²) in [7, 11) is 0. The van der Waals surface area contributed by atoms with Gasteiger partial charge in [0.2, 0.25) is 0 Å². The number of hydrogen-bond acceptors (Lipinski definition) is 2. The summed E-state index contributed by atoms with van der Waals surface area (Å²) in [6.45, 7) is 4.34. The first-order valence-corrected chi connectivity index (χ1v) is 11.7. The molecule has 0 bridgehead atoms. The van der Waals surface area contributed by atoms with E-state index in [9.17, 15) is 5.11 Å². The fraction of sp³-hybridized carbons (Fsp3) is 1.00. The summed E-state index contributed by atoms with van der Waals surface area (Å²) in [5, 5.41) is 9.45. The molecule has 0 heterocycles. The Labute approximate surface area is 151 Å². The molecule has 140 valence electrons. The van der Waals surface area contributed by atoms with Crippen molar-refractivity contribution >= 4 is 11.8 Å². The third kappa shape index (κ3) is 20.3. The van der Waals surface area contributed by atoms with Crippen LogP contribution in [0.2, 0.25) is 0 Å². The van der Waals surface area contributed by atoms with Gasteiger partial charge in [0.25, 0.3) is 0 Å². The van der Waals surface area contributed by atoms with E-state index in [1.807, 2.05) is 6.92 Å². The number of aliphatic hydroxyl groups excluding tert-OH is 1. The summed E-state index contributed by atoms with van der Waals surface area (Å²) in [5.41, 5.74) is -0.133. The summed E-state index contributed by atoms with van der Waals surface area (Å²) in [5.74, 6) is 1.13. The van der Waals surface area contributed by atoms with Crippen LogP contribution in [0.5, 0.6) is 0 Å². The third-order valence-electron chi connectivity index (χ3n) is 4.66. The molecule has 2 heteroatoms. The Morgan fingerprint density at radius 3 is 1.26 bits per heavy atom. The molecule has 0 fully saturated rings. The predicted molar refractivity (Wildman–Crippen MR) is 108 cm³/mol. The van der Waals surface area contributed by atoms with Gasteiger partial charge in [0.1, 0.15) is 0 Å². The van der Waals surface area contributed by atoms with E-state index in [2.05, 4.69) is 6.92 Å². The first-order chi connectivity index (χ1) is 11.3. The van der Waals surface area contributed by atoms with Gasteiger partial charge in [-0.1, -0.05) is 110 Å². The molecule has 1 N–H and O–H groups in total. The van der Waals surface area contributed by atoms with E-state index in [1.54, 1.807) is 11.8 Å². The highest BCUT2D eigenvalue weighted by molar-refractivity contribution is 7.99. The van der Waals surface area contributed by atoms with Gasteiger partial charge in [-0.05, 0) is 18.6 Å². The minimum Gasteiger partial charge on any atom is -0.382 e. The smallest absolute Gasteiger partial charge is 0.0990 e. The Bertz CT molecular complexity index is 208. The standard InChI is InChI=1S/C21H44OS/c1-3-5-6-7-8-9-10-11-12-13-14-15-16-17-18-19-20-23-21(22)4-2/h21-22H,3-20H2,1-2H3. The molecule has 1 unspecified atom stereocenters. The van der Waals surface area contributed by atoms with Crippen molar-refractivity contribution in [3.05, 3.63) is 0 Å². The van der Waals surface area contributed by atoms with Crippen molar-refractivity contribution in [3.63, 3.8) is 0 Å². The summed E-state index contributed by atoms with van der Waals surface area (Å²) in [6, 6.07) is 0. The van der Waals surface area contributed by atoms with Crippen LogP contribution in [0, 0.1) is 0 Å². The van der Waals surface area contributed by atoms with Crippen molar-refractivity contribution in [1.82, 2.24) is 0 Å². The quantitative estimate of drug-likeness (QED) is 0.191. The van der Waals surface area contributed by atoms with Gasteiger partial charge in [0.05, 0.1) is 5.44 Å². The van der Waals surface area contributed by atoms with Crippen molar-refractivity contribution in [1.29, 1.82) is 0 Å². The number of rotatable bonds is 19. The maximum atomic E-state index is 9.45. The monoisotopic (exact) mass is 344 g/mol. The predicted octanol–water partition coefficient (Wildman–Crippen LogP) is 7.71. The molecular weight excluding hydrogens is 300 g/mol. The SMILES string of the molecule is CCCCCCCCCCCCCCCCCCSC(O)CC. The Morgan fingerprint density at radius 2 is 0.913 bits per heavy atom. The summed E-state index contributed by atoms with van der Waals surface area (Å²) in [4.78, 5) is 0. The topological polar surface area (TPSA) is 20.2 Å². The fourth-order valence-electron chi connectivity index (χ4n) is 2.99. The van der Waals surface area contributed by atoms with Crippen molar-refractivity contribution in [2.75, 3.05) is 5.75 Å². The lowest BCUT2D eigenvalue weighted by molar-refractivity contribution is 0.259. The van der Waals surface area contributed by atoms with Crippen LogP contribution < -0.4 is 0 Å². The normalized spacial score (nSPS) is 12.7. The Balaban J connectivity index is 2.97. The molecule has 1 nitrogen and oxygen atoms in total. The highest BCUT2D eigenvalue weighted by Crippen LogP contribution is 2.16. The van der Waals surface area contributed by atoms with Crippen LogP contribution in [-0.4, -0.2) is 16.3 Å². The van der Waals surface area contributed by atoms with Gasteiger partial charge in [0.15, 0.2) is 0 Å². The average molecular weight is 345 g/mol. The van der Waals surface area contributed by atoms with Crippen LogP contribution in [0.15, 0.2) is 0 Å². The van der Waals surface area contributed by atoms with E-state index in [0.717, 1.165) is 12.2 Å². The lowest BCUT2D eigenvalue weighted by Gasteiger charge is -2.06. The average Bonchev–Trinajstić information content (AvgIpc) is 2.57. The Morgan fingerprint density at radius 1 is 0.565 bits per heavy atom. The van der Waals surface area contributed by atoms with E-state index in [0.29, 0.717) is 0 Å². The molecule has 0 aromatic carbocycles. The number of thioether (sulfide) groups is 1. The van der Waals surface area contributed by atoms with Crippen molar-refractivity contribution in [2.45, 2.75) is 128 Å². The third-order valence-corrected chi connectivity index (χ3v) is 5.90. The minimum atomic E-state index is -0.133. The molecule has 0 aromatic heterocycles. The van der Waals surface area contributed by atoms with Crippen molar-refractivity contribution in [3.8, 4) is 0 Å². The van der Waals surface area contributed by atoms with Crippen LogP contribution in [-0.2, 0) is 0 Å². The van der Waals surface area contributed by atoms with Crippen LogP contribution in [0.1, 0.15) is 123 Å². The largest absolute Gasteiger partial charge is 0.382 e. The number of aliphatic hydroxyl groups is 1. The van der Waals surface area contributed by atoms with Gasteiger partial charge in [-0.2, -0.15) is 0 Å². The van der Waals surface area contributed by atoms with Gasteiger partial charge in [-0.3, -0.25) is 0 Å². The van der Waals surface area contributed by atoms with E-state index in [4.69, 9.17) is 0 Å². The van der Waals surface area contributed by atoms with E-state index in [1.165, 1.54) is 103 Å². The van der Waals surface area contributed by atoms with E-state index >= 15 is 0 Å². The molecule has 0 rings (SSSR count). The molecule has 0 aliphatic carbocycles. The zero-order valence-electron chi connectivity index (χ0n) is 16.2. The molecule has 1 atom stereocenters.